The molecule has 6 nitrogen and oxygen atoms in total. The quantitative estimate of drug-likeness (QED) is 0.332. The molecule has 2 atom stereocenters. The second-order valence-corrected chi connectivity index (χ2v) is 6.67. The number of hydrogen-bond acceptors (Lipinski definition) is 4. The summed E-state index contributed by atoms with van der Waals surface area (Å²) in [6.45, 7) is 6.07. The molecule has 2 aromatic carbocycles. The zero-order chi connectivity index (χ0) is 19.8. The molecule has 29 heavy (non-hydrogen) atoms. The third-order valence-corrected chi connectivity index (χ3v) is 4.52. The Morgan fingerprint density at radius 2 is 1.90 bits per heavy atom. The number of methoxy groups -OCH3 is 1. The van der Waals surface area contributed by atoms with Gasteiger partial charge in [0.1, 0.15) is 11.9 Å². The number of aliphatic imine (C=N–C) groups is 1. The van der Waals surface area contributed by atoms with E-state index in [1.54, 1.807) is 7.11 Å². The van der Waals surface area contributed by atoms with E-state index in [-0.39, 0.29) is 36.1 Å². The van der Waals surface area contributed by atoms with Crippen molar-refractivity contribution in [1.29, 1.82) is 0 Å². The van der Waals surface area contributed by atoms with E-state index in [0.717, 1.165) is 41.7 Å². The summed E-state index contributed by atoms with van der Waals surface area (Å²) in [5.74, 6) is 3.17. The van der Waals surface area contributed by atoms with Crippen molar-refractivity contribution in [3.05, 3.63) is 54.1 Å². The first-order valence-electron chi connectivity index (χ1n) is 9.77. The number of ether oxygens (including phenoxy) is 3. The molecule has 3 rings (SSSR count). The minimum atomic E-state index is -0.0891. The van der Waals surface area contributed by atoms with Gasteiger partial charge in [-0.2, -0.15) is 0 Å². The van der Waals surface area contributed by atoms with Gasteiger partial charge in [-0.1, -0.05) is 30.3 Å². The molecule has 0 saturated carbocycles. The molecule has 0 saturated heterocycles. The molecule has 2 unspecified atom stereocenters. The lowest BCUT2D eigenvalue weighted by molar-refractivity contribution is 0.219. The Bertz CT molecular complexity index is 800. The Hall–Kier alpha value is -2.16. The van der Waals surface area contributed by atoms with Gasteiger partial charge in [0.15, 0.2) is 17.5 Å². The Morgan fingerprint density at radius 1 is 1.17 bits per heavy atom. The summed E-state index contributed by atoms with van der Waals surface area (Å²) in [6.07, 6.45) is 0.808. The van der Waals surface area contributed by atoms with Crippen LogP contribution in [-0.2, 0) is 0 Å². The van der Waals surface area contributed by atoms with Crippen molar-refractivity contribution in [1.82, 2.24) is 10.6 Å². The smallest absolute Gasteiger partial charge is 0.191 e. The molecule has 0 amide bonds. The van der Waals surface area contributed by atoms with Crippen molar-refractivity contribution in [3.8, 4) is 17.2 Å². The highest BCUT2D eigenvalue weighted by Gasteiger charge is 2.22. The number of para-hydroxylation sites is 3. The van der Waals surface area contributed by atoms with E-state index in [0.29, 0.717) is 13.2 Å². The van der Waals surface area contributed by atoms with Crippen molar-refractivity contribution in [3.63, 3.8) is 0 Å². The lowest BCUT2D eigenvalue weighted by Gasteiger charge is -2.28. The van der Waals surface area contributed by atoms with E-state index < -0.39 is 0 Å². The zero-order valence-electron chi connectivity index (χ0n) is 17.2. The number of hydrogen-bond donors (Lipinski definition) is 2. The predicted octanol–water partition coefficient (Wildman–Crippen LogP) is 4.16. The Balaban J connectivity index is 0.00000300. The average molecular weight is 511 g/mol. The number of nitrogens with zero attached hydrogens (tertiary/aromatic N) is 1. The van der Waals surface area contributed by atoms with Crippen molar-refractivity contribution in [2.45, 2.75) is 32.4 Å². The standard InChI is InChI=1S/C22H29N3O3.HI/c1-4-23-22(25-18-13-14-27-19-10-6-5-9-17(18)19)24-15-16(2)28-21-12-8-7-11-20(21)26-3;/h5-12,16,18H,4,13-15H2,1-3H3,(H2,23,24,25);1H. The van der Waals surface area contributed by atoms with Crippen LogP contribution in [0.25, 0.3) is 0 Å². The molecule has 1 aliphatic heterocycles. The molecule has 158 valence electrons. The number of guanidine groups is 1. The summed E-state index contributed by atoms with van der Waals surface area (Å²) in [5, 5.41) is 6.85. The van der Waals surface area contributed by atoms with Crippen LogP contribution in [0.1, 0.15) is 31.9 Å². The van der Waals surface area contributed by atoms with E-state index in [2.05, 4.69) is 23.6 Å². The highest BCUT2D eigenvalue weighted by atomic mass is 127. The second kappa shape index (κ2) is 11.7. The first kappa shape index (κ1) is 23.1. The number of benzene rings is 2. The molecule has 0 aromatic heterocycles. The van der Waals surface area contributed by atoms with Crippen molar-refractivity contribution in [2.24, 2.45) is 4.99 Å². The molecule has 0 aliphatic carbocycles. The monoisotopic (exact) mass is 511 g/mol. The van der Waals surface area contributed by atoms with Crippen LogP contribution in [0.3, 0.4) is 0 Å². The Kier molecular flexibility index (Phi) is 9.37. The lowest BCUT2D eigenvalue weighted by Crippen LogP contribution is -2.41. The van der Waals surface area contributed by atoms with Gasteiger partial charge in [0.2, 0.25) is 0 Å². The summed E-state index contributed by atoms with van der Waals surface area (Å²) in [4.78, 5) is 4.72. The van der Waals surface area contributed by atoms with Crippen LogP contribution < -0.4 is 24.8 Å². The van der Waals surface area contributed by atoms with Gasteiger partial charge >= 0.3 is 0 Å². The molecule has 0 bridgehead atoms. The summed E-state index contributed by atoms with van der Waals surface area (Å²) in [5.41, 5.74) is 1.16. The first-order valence-corrected chi connectivity index (χ1v) is 9.77. The SMILES string of the molecule is CCNC(=NCC(C)Oc1ccccc1OC)NC1CCOc2ccccc21.I. The summed E-state index contributed by atoms with van der Waals surface area (Å²) >= 11 is 0. The molecule has 2 N–H and O–H groups in total. The average Bonchev–Trinajstić information content (AvgIpc) is 2.73. The third kappa shape index (κ3) is 6.42. The van der Waals surface area contributed by atoms with E-state index in [4.69, 9.17) is 19.2 Å². The number of rotatable bonds is 7. The van der Waals surface area contributed by atoms with Crippen molar-refractivity contribution >= 4 is 29.9 Å². The highest BCUT2D eigenvalue weighted by Crippen LogP contribution is 2.31. The van der Waals surface area contributed by atoms with Crippen LogP contribution in [0.15, 0.2) is 53.5 Å². The molecule has 1 heterocycles. The van der Waals surface area contributed by atoms with Crippen LogP contribution in [0.4, 0.5) is 0 Å². The number of nitrogens with one attached hydrogen (secondary N) is 2. The topological polar surface area (TPSA) is 64.1 Å². The minimum Gasteiger partial charge on any atom is -0.493 e. The third-order valence-electron chi connectivity index (χ3n) is 4.52. The van der Waals surface area contributed by atoms with Gasteiger partial charge in [0, 0.05) is 18.5 Å². The molecule has 0 fully saturated rings. The fraction of sp³-hybridized carbons (Fsp3) is 0.409. The summed E-state index contributed by atoms with van der Waals surface area (Å²) in [6, 6.07) is 16.0. The molecular formula is C22H30IN3O3. The zero-order valence-corrected chi connectivity index (χ0v) is 19.5. The molecule has 7 heteroatoms. The largest absolute Gasteiger partial charge is 0.493 e. The van der Waals surface area contributed by atoms with E-state index >= 15 is 0 Å². The van der Waals surface area contributed by atoms with Gasteiger partial charge in [-0.3, -0.25) is 0 Å². The maximum absolute atomic E-state index is 6.00. The fourth-order valence-corrected chi connectivity index (χ4v) is 3.17. The molecule has 0 spiro atoms. The van der Waals surface area contributed by atoms with Gasteiger partial charge in [-0.15, -0.1) is 24.0 Å². The Morgan fingerprint density at radius 3 is 2.66 bits per heavy atom. The van der Waals surface area contributed by atoms with Crippen molar-refractivity contribution < 1.29 is 14.2 Å². The summed E-state index contributed by atoms with van der Waals surface area (Å²) < 4.78 is 17.1. The van der Waals surface area contributed by atoms with Crippen LogP contribution in [0, 0.1) is 0 Å². The van der Waals surface area contributed by atoms with Gasteiger partial charge in [0.05, 0.1) is 26.3 Å². The maximum Gasteiger partial charge on any atom is 0.191 e. The van der Waals surface area contributed by atoms with Crippen LogP contribution >= 0.6 is 24.0 Å². The summed E-state index contributed by atoms with van der Waals surface area (Å²) in [7, 11) is 1.64. The minimum absolute atomic E-state index is 0. The first-order chi connectivity index (χ1) is 13.7. The van der Waals surface area contributed by atoms with E-state index in [9.17, 15) is 0 Å². The fourth-order valence-electron chi connectivity index (χ4n) is 3.17. The van der Waals surface area contributed by atoms with Crippen LogP contribution in [-0.4, -0.2) is 38.9 Å². The second-order valence-electron chi connectivity index (χ2n) is 6.67. The Labute approximate surface area is 190 Å². The highest BCUT2D eigenvalue weighted by molar-refractivity contribution is 14.0. The van der Waals surface area contributed by atoms with Gasteiger partial charge in [-0.25, -0.2) is 4.99 Å². The predicted molar refractivity (Wildman–Crippen MR) is 127 cm³/mol. The van der Waals surface area contributed by atoms with Gasteiger partial charge in [0.25, 0.3) is 0 Å². The maximum atomic E-state index is 6.00. The lowest BCUT2D eigenvalue weighted by atomic mass is 10.0. The van der Waals surface area contributed by atoms with Gasteiger partial charge in [-0.05, 0) is 32.0 Å². The molecular weight excluding hydrogens is 481 g/mol. The normalized spacial score (nSPS) is 16.5. The van der Waals surface area contributed by atoms with E-state index in [1.807, 2.05) is 49.4 Å². The van der Waals surface area contributed by atoms with E-state index in [1.165, 1.54) is 0 Å². The van der Waals surface area contributed by atoms with Crippen molar-refractivity contribution in [2.75, 3.05) is 26.8 Å². The van der Waals surface area contributed by atoms with Crippen LogP contribution in [0.2, 0.25) is 0 Å². The van der Waals surface area contributed by atoms with Gasteiger partial charge < -0.3 is 24.8 Å². The molecule has 2 aromatic rings. The number of halogens is 1. The molecule has 0 radical (unpaired) electrons. The number of fused-ring (bicyclic) bond motifs is 1. The van der Waals surface area contributed by atoms with Crippen LogP contribution in [0.5, 0.6) is 17.2 Å². The molecule has 1 aliphatic rings.